The van der Waals surface area contributed by atoms with E-state index in [-0.39, 0.29) is 5.41 Å². The van der Waals surface area contributed by atoms with Crippen LogP contribution >= 0.6 is 0 Å². The summed E-state index contributed by atoms with van der Waals surface area (Å²) in [5, 5.41) is 2.49. The van der Waals surface area contributed by atoms with Crippen molar-refractivity contribution in [3.05, 3.63) is 331 Å². The Morgan fingerprint density at radius 3 is 1.27 bits per heavy atom. The summed E-state index contributed by atoms with van der Waals surface area (Å²) in [6.45, 7) is 4.72. The van der Waals surface area contributed by atoms with Crippen molar-refractivity contribution in [2.24, 2.45) is 0 Å². The second-order valence-electron chi connectivity index (χ2n) is 21.6. The summed E-state index contributed by atoms with van der Waals surface area (Å²) in [5.41, 5.74) is 24.8. The number of fused-ring (bicyclic) bond motifs is 9. The topological polar surface area (TPSA) is 11.4 Å². The molecule has 0 amide bonds. The number of anilines is 6. The van der Waals surface area contributed by atoms with Crippen molar-refractivity contribution in [3.63, 3.8) is 0 Å². The minimum Gasteiger partial charge on any atom is -0.311 e. The number of hydrogen-bond acceptors (Lipinski definition) is 2. The van der Waals surface area contributed by atoms with E-state index in [1.165, 1.54) is 88.6 Å². The lowest BCUT2D eigenvalue weighted by molar-refractivity contribution is 0.660. The molecular formula is C76H55N3. The van der Waals surface area contributed by atoms with Gasteiger partial charge in [0, 0.05) is 56.0 Å². The molecular weight excluding hydrogens is 955 g/mol. The first kappa shape index (κ1) is 46.4. The molecule has 0 radical (unpaired) electrons. The van der Waals surface area contributed by atoms with Gasteiger partial charge >= 0.3 is 0 Å². The molecule has 79 heavy (non-hydrogen) atoms. The van der Waals surface area contributed by atoms with Gasteiger partial charge in [-0.2, -0.15) is 0 Å². The molecule has 13 aromatic rings. The van der Waals surface area contributed by atoms with Crippen molar-refractivity contribution >= 4 is 55.9 Å². The average molecular weight is 1010 g/mol. The van der Waals surface area contributed by atoms with Crippen molar-refractivity contribution in [1.29, 1.82) is 0 Å². The normalized spacial score (nSPS) is 13.4. The van der Waals surface area contributed by atoms with Crippen LogP contribution < -0.4 is 9.80 Å². The highest BCUT2D eigenvalue weighted by Crippen LogP contribution is 2.57. The fourth-order valence-corrected chi connectivity index (χ4v) is 13.4. The van der Waals surface area contributed by atoms with Crippen molar-refractivity contribution in [3.8, 4) is 39.1 Å². The summed E-state index contributed by atoms with van der Waals surface area (Å²) >= 11 is 0. The van der Waals surface area contributed by atoms with Gasteiger partial charge in [-0.05, 0) is 170 Å². The largest absolute Gasteiger partial charge is 0.311 e. The number of aromatic nitrogens is 1. The Labute approximate surface area is 462 Å². The lowest BCUT2D eigenvalue weighted by atomic mass is 9.67. The van der Waals surface area contributed by atoms with E-state index in [0.717, 1.165) is 39.8 Å². The van der Waals surface area contributed by atoms with Crippen LogP contribution in [-0.2, 0) is 10.8 Å². The first-order valence-electron chi connectivity index (χ1n) is 27.5. The molecule has 0 spiro atoms. The second kappa shape index (κ2) is 18.4. The van der Waals surface area contributed by atoms with Gasteiger partial charge in [-0.25, -0.2) is 0 Å². The Bertz CT molecular complexity index is 4380. The average Bonchev–Trinajstić information content (AvgIpc) is 4.31. The summed E-state index contributed by atoms with van der Waals surface area (Å²) in [7, 11) is 0. The zero-order valence-corrected chi connectivity index (χ0v) is 44.1. The van der Waals surface area contributed by atoms with E-state index < -0.39 is 5.41 Å². The zero-order valence-electron chi connectivity index (χ0n) is 44.1. The SMILES string of the molecule is CC1(C)c2ccccc2-c2ccc(N(c3ccccc3)c3ccc(C4(c5ccc(N(c6ccccc6)c6ccc(-c7ccc8c(c7)c7ccccc7n8-c7ccccc7)cc6)cc5)c5ccccc5-c5ccccc54)cc3)cc21. The number of nitrogens with zero attached hydrogens (tertiary/aromatic N) is 3. The molecule has 0 N–H and O–H groups in total. The van der Waals surface area contributed by atoms with E-state index in [4.69, 9.17) is 0 Å². The van der Waals surface area contributed by atoms with Gasteiger partial charge in [0.1, 0.15) is 0 Å². The number of hydrogen-bond donors (Lipinski definition) is 0. The molecule has 0 unspecified atom stereocenters. The summed E-state index contributed by atoms with van der Waals surface area (Å²) < 4.78 is 2.37. The molecule has 1 aromatic heterocycles. The van der Waals surface area contributed by atoms with Gasteiger partial charge in [0.2, 0.25) is 0 Å². The molecule has 0 saturated heterocycles. The van der Waals surface area contributed by atoms with Crippen molar-refractivity contribution in [2.75, 3.05) is 9.80 Å². The van der Waals surface area contributed by atoms with Crippen LogP contribution in [0.3, 0.4) is 0 Å². The standard InChI is InChI=1S/C76H55N3/c1-75(2)69-30-16-12-26-63(69)66-48-47-62(51-72(66)75)78(57-22-8-4-9-23-57)61-45-39-55(40-46-61)76(70-31-17-13-27-64(70)65-28-14-18-32-71(65)76)54-37-43-60(44-38-54)77(56-20-6-3-7-21-56)59-41-34-52(35-42-59)53-36-49-74-68(50-53)67-29-15-19-33-73(67)79(74)58-24-10-5-11-25-58/h3-51H,1-2H3. The summed E-state index contributed by atoms with van der Waals surface area (Å²) in [5.74, 6) is 0. The van der Waals surface area contributed by atoms with Crippen LogP contribution in [0.25, 0.3) is 60.9 Å². The highest BCUT2D eigenvalue weighted by atomic mass is 15.1. The zero-order chi connectivity index (χ0) is 52.7. The van der Waals surface area contributed by atoms with Gasteiger partial charge < -0.3 is 14.4 Å². The molecule has 374 valence electrons. The van der Waals surface area contributed by atoms with Gasteiger partial charge in [0.15, 0.2) is 0 Å². The molecule has 0 saturated carbocycles. The van der Waals surface area contributed by atoms with Crippen LogP contribution in [0, 0.1) is 0 Å². The predicted molar refractivity (Wildman–Crippen MR) is 330 cm³/mol. The van der Waals surface area contributed by atoms with Gasteiger partial charge in [0.25, 0.3) is 0 Å². The summed E-state index contributed by atoms with van der Waals surface area (Å²) in [6, 6.07) is 110. The molecule has 0 aliphatic heterocycles. The van der Waals surface area contributed by atoms with E-state index in [0.29, 0.717) is 0 Å². The number of rotatable bonds is 10. The molecule has 3 nitrogen and oxygen atoms in total. The minimum absolute atomic E-state index is 0.119. The maximum Gasteiger partial charge on any atom is 0.0713 e. The van der Waals surface area contributed by atoms with Crippen LogP contribution in [0.15, 0.2) is 297 Å². The Kier molecular flexibility index (Phi) is 10.8. The third kappa shape index (κ3) is 7.27. The lowest BCUT2D eigenvalue weighted by Gasteiger charge is -2.35. The molecule has 12 aromatic carbocycles. The number of benzene rings is 12. The first-order valence-corrected chi connectivity index (χ1v) is 27.5. The third-order valence-electron chi connectivity index (χ3n) is 17.1. The fourth-order valence-electron chi connectivity index (χ4n) is 13.4. The van der Waals surface area contributed by atoms with Crippen molar-refractivity contribution in [2.45, 2.75) is 24.7 Å². The molecule has 2 aliphatic rings. The van der Waals surface area contributed by atoms with E-state index in [2.05, 4.69) is 325 Å². The van der Waals surface area contributed by atoms with Gasteiger partial charge in [0.05, 0.1) is 16.4 Å². The predicted octanol–water partition coefficient (Wildman–Crippen LogP) is 20.1. The fraction of sp³-hybridized carbons (Fsp3) is 0.0526. The van der Waals surface area contributed by atoms with Crippen LogP contribution in [0.2, 0.25) is 0 Å². The van der Waals surface area contributed by atoms with Crippen molar-refractivity contribution in [1.82, 2.24) is 4.57 Å². The monoisotopic (exact) mass is 1010 g/mol. The Morgan fingerprint density at radius 2 is 0.684 bits per heavy atom. The van der Waals surface area contributed by atoms with Crippen LogP contribution in [-0.4, -0.2) is 4.57 Å². The van der Waals surface area contributed by atoms with Gasteiger partial charge in [-0.1, -0.05) is 208 Å². The van der Waals surface area contributed by atoms with Crippen LogP contribution in [0.1, 0.15) is 47.2 Å². The maximum atomic E-state index is 2.42. The Morgan fingerprint density at radius 1 is 0.278 bits per heavy atom. The Balaban J connectivity index is 0.819. The van der Waals surface area contributed by atoms with Gasteiger partial charge in [-0.15, -0.1) is 0 Å². The molecule has 15 rings (SSSR count). The molecule has 0 fully saturated rings. The lowest BCUT2D eigenvalue weighted by Crippen LogP contribution is -2.28. The van der Waals surface area contributed by atoms with E-state index >= 15 is 0 Å². The van der Waals surface area contributed by atoms with E-state index in [1.54, 1.807) is 0 Å². The van der Waals surface area contributed by atoms with Crippen molar-refractivity contribution < 1.29 is 0 Å². The number of para-hydroxylation sites is 4. The Hall–Kier alpha value is -9.96. The highest BCUT2D eigenvalue weighted by Gasteiger charge is 2.46. The smallest absolute Gasteiger partial charge is 0.0713 e. The first-order chi connectivity index (χ1) is 38.9. The van der Waals surface area contributed by atoms with Crippen LogP contribution in [0.4, 0.5) is 34.1 Å². The minimum atomic E-state index is -0.584. The molecule has 2 aliphatic carbocycles. The molecule has 1 heterocycles. The van der Waals surface area contributed by atoms with E-state index in [1.807, 2.05) is 0 Å². The van der Waals surface area contributed by atoms with Gasteiger partial charge in [-0.3, -0.25) is 0 Å². The molecule has 0 bridgehead atoms. The van der Waals surface area contributed by atoms with E-state index in [9.17, 15) is 0 Å². The highest BCUT2D eigenvalue weighted by molar-refractivity contribution is 6.10. The summed E-state index contributed by atoms with van der Waals surface area (Å²) in [4.78, 5) is 4.79. The molecule has 0 atom stereocenters. The quantitative estimate of drug-likeness (QED) is 0.135. The van der Waals surface area contributed by atoms with Crippen LogP contribution in [0.5, 0.6) is 0 Å². The third-order valence-corrected chi connectivity index (χ3v) is 17.1. The second-order valence-corrected chi connectivity index (χ2v) is 21.6. The maximum absolute atomic E-state index is 2.42. The summed E-state index contributed by atoms with van der Waals surface area (Å²) in [6.07, 6.45) is 0. The molecule has 3 heteroatoms.